The van der Waals surface area contributed by atoms with Crippen molar-refractivity contribution in [2.24, 2.45) is 11.7 Å². The summed E-state index contributed by atoms with van der Waals surface area (Å²) in [7, 11) is 0. The zero-order valence-electron chi connectivity index (χ0n) is 12.3. The maximum atomic E-state index is 6.37. The van der Waals surface area contributed by atoms with Crippen molar-refractivity contribution in [1.29, 1.82) is 0 Å². The van der Waals surface area contributed by atoms with Crippen LogP contribution in [0.5, 0.6) is 0 Å². The minimum atomic E-state index is 0.106. The van der Waals surface area contributed by atoms with E-state index < -0.39 is 0 Å². The first-order chi connectivity index (χ1) is 9.06. The molecule has 3 heteroatoms. The number of hydrogen-bond acceptors (Lipinski definition) is 3. The summed E-state index contributed by atoms with van der Waals surface area (Å²) in [5, 5.41) is 0. The van der Waals surface area contributed by atoms with Gasteiger partial charge in [-0.1, -0.05) is 37.3 Å². The van der Waals surface area contributed by atoms with Gasteiger partial charge in [-0.15, -0.1) is 0 Å². The Bertz CT molecular complexity index is 372. The van der Waals surface area contributed by atoms with Crippen molar-refractivity contribution < 1.29 is 4.74 Å². The Morgan fingerprint density at radius 1 is 1.21 bits per heavy atom. The third-order valence-electron chi connectivity index (χ3n) is 3.84. The molecule has 4 atom stereocenters. The molecule has 1 aromatic rings. The molecule has 0 spiro atoms. The molecule has 0 amide bonds. The summed E-state index contributed by atoms with van der Waals surface area (Å²) in [4.78, 5) is 2.48. The average Bonchev–Trinajstić information content (AvgIpc) is 2.37. The minimum absolute atomic E-state index is 0.106. The molecule has 1 heterocycles. The first kappa shape index (κ1) is 14.5. The lowest BCUT2D eigenvalue weighted by molar-refractivity contribution is -0.0716. The van der Waals surface area contributed by atoms with E-state index in [0.717, 1.165) is 19.6 Å². The van der Waals surface area contributed by atoms with Crippen LogP contribution in [0.25, 0.3) is 0 Å². The van der Waals surface area contributed by atoms with E-state index in [0.29, 0.717) is 18.1 Å². The molecule has 2 N–H and O–H groups in total. The first-order valence-electron chi connectivity index (χ1n) is 7.24. The zero-order chi connectivity index (χ0) is 13.8. The number of morpholine rings is 1. The Labute approximate surface area is 116 Å². The van der Waals surface area contributed by atoms with Crippen molar-refractivity contribution in [3.8, 4) is 0 Å². The molecule has 19 heavy (non-hydrogen) atoms. The van der Waals surface area contributed by atoms with Crippen LogP contribution in [0.3, 0.4) is 0 Å². The van der Waals surface area contributed by atoms with E-state index in [1.807, 2.05) is 6.07 Å². The number of ether oxygens (including phenoxy) is 1. The smallest absolute Gasteiger partial charge is 0.0678 e. The SMILES string of the molecule is CC1CN(CC(C)C(N)c2ccccc2)CC(C)O1. The molecule has 2 rings (SSSR count). The highest BCUT2D eigenvalue weighted by Crippen LogP contribution is 2.21. The van der Waals surface area contributed by atoms with Crippen LogP contribution in [0, 0.1) is 5.92 Å². The lowest BCUT2D eigenvalue weighted by Gasteiger charge is -2.37. The van der Waals surface area contributed by atoms with E-state index in [1.165, 1.54) is 5.56 Å². The number of nitrogens with two attached hydrogens (primary N) is 1. The van der Waals surface area contributed by atoms with E-state index in [-0.39, 0.29) is 6.04 Å². The van der Waals surface area contributed by atoms with E-state index in [1.54, 1.807) is 0 Å². The fraction of sp³-hybridized carbons (Fsp3) is 0.625. The first-order valence-corrected chi connectivity index (χ1v) is 7.24. The molecule has 0 radical (unpaired) electrons. The molecule has 106 valence electrons. The third-order valence-corrected chi connectivity index (χ3v) is 3.84. The molecular weight excluding hydrogens is 236 g/mol. The van der Waals surface area contributed by atoms with Crippen LogP contribution in [-0.2, 0) is 4.74 Å². The predicted molar refractivity (Wildman–Crippen MR) is 79.0 cm³/mol. The summed E-state index contributed by atoms with van der Waals surface area (Å²) in [6, 6.07) is 10.5. The summed E-state index contributed by atoms with van der Waals surface area (Å²) < 4.78 is 5.77. The number of nitrogens with zero attached hydrogens (tertiary/aromatic N) is 1. The lowest BCUT2D eigenvalue weighted by Crippen LogP contribution is -2.47. The largest absolute Gasteiger partial charge is 0.373 e. The molecule has 0 aromatic heterocycles. The maximum Gasteiger partial charge on any atom is 0.0678 e. The zero-order valence-corrected chi connectivity index (χ0v) is 12.3. The van der Waals surface area contributed by atoms with E-state index in [2.05, 4.69) is 49.9 Å². The highest BCUT2D eigenvalue weighted by atomic mass is 16.5. The van der Waals surface area contributed by atoms with Gasteiger partial charge in [0, 0.05) is 25.7 Å². The Kier molecular flexibility index (Phi) is 4.97. The summed E-state index contributed by atoms with van der Waals surface area (Å²) in [6.07, 6.45) is 0.646. The van der Waals surface area contributed by atoms with Gasteiger partial charge < -0.3 is 10.5 Å². The average molecular weight is 262 g/mol. The van der Waals surface area contributed by atoms with Gasteiger partial charge in [0.1, 0.15) is 0 Å². The van der Waals surface area contributed by atoms with Crippen LogP contribution in [0.15, 0.2) is 30.3 Å². The van der Waals surface area contributed by atoms with Crippen molar-refractivity contribution in [1.82, 2.24) is 4.90 Å². The highest BCUT2D eigenvalue weighted by molar-refractivity contribution is 5.19. The van der Waals surface area contributed by atoms with Crippen LogP contribution < -0.4 is 5.73 Å². The molecule has 1 fully saturated rings. The third kappa shape index (κ3) is 4.03. The molecule has 1 aliphatic heterocycles. The standard InChI is InChI=1S/C16H26N2O/c1-12(16(17)15-7-5-4-6-8-15)9-18-10-13(2)19-14(3)11-18/h4-8,12-14,16H,9-11,17H2,1-3H3. The lowest BCUT2D eigenvalue weighted by atomic mass is 9.94. The van der Waals surface area contributed by atoms with E-state index in [4.69, 9.17) is 10.5 Å². The van der Waals surface area contributed by atoms with Gasteiger partial charge in [-0.3, -0.25) is 4.90 Å². The van der Waals surface area contributed by atoms with Crippen molar-refractivity contribution in [2.45, 2.75) is 39.0 Å². The van der Waals surface area contributed by atoms with E-state index >= 15 is 0 Å². The van der Waals surface area contributed by atoms with Crippen LogP contribution in [0.4, 0.5) is 0 Å². The number of hydrogen-bond donors (Lipinski definition) is 1. The Morgan fingerprint density at radius 3 is 2.37 bits per heavy atom. The molecule has 0 bridgehead atoms. The Morgan fingerprint density at radius 2 is 1.79 bits per heavy atom. The van der Waals surface area contributed by atoms with Crippen molar-refractivity contribution in [3.05, 3.63) is 35.9 Å². The highest BCUT2D eigenvalue weighted by Gasteiger charge is 2.25. The van der Waals surface area contributed by atoms with Crippen molar-refractivity contribution in [2.75, 3.05) is 19.6 Å². The van der Waals surface area contributed by atoms with Gasteiger partial charge in [0.2, 0.25) is 0 Å². The molecule has 1 aromatic carbocycles. The second-order valence-corrected chi connectivity index (χ2v) is 5.89. The van der Waals surface area contributed by atoms with Gasteiger partial charge in [-0.05, 0) is 25.3 Å². The summed E-state index contributed by atoms with van der Waals surface area (Å²) >= 11 is 0. The summed E-state index contributed by atoms with van der Waals surface area (Å²) in [6.45, 7) is 9.58. The monoisotopic (exact) mass is 262 g/mol. The molecule has 1 saturated heterocycles. The van der Waals surface area contributed by atoms with Crippen molar-refractivity contribution >= 4 is 0 Å². The second-order valence-electron chi connectivity index (χ2n) is 5.89. The minimum Gasteiger partial charge on any atom is -0.373 e. The van der Waals surface area contributed by atoms with Gasteiger partial charge in [0.25, 0.3) is 0 Å². The molecule has 4 unspecified atom stereocenters. The van der Waals surface area contributed by atoms with Crippen LogP contribution in [0.2, 0.25) is 0 Å². The quantitative estimate of drug-likeness (QED) is 0.905. The van der Waals surface area contributed by atoms with Crippen LogP contribution in [0.1, 0.15) is 32.4 Å². The van der Waals surface area contributed by atoms with Gasteiger partial charge in [0.15, 0.2) is 0 Å². The van der Waals surface area contributed by atoms with Gasteiger partial charge >= 0.3 is 0 Å². The molecule has 3 nitrogen and oxygen atoms in total. The fourth-order valence-electron chi connectivity index (χ4n) is 2.96. The van der Waals surface area contributed by atoms with Gasteiger partial charge in [-0.2, -0.15) is 0 Å². The number of benzene rings is 1. The maximum absolute atomic E-state index is 6.37. The Balaban J connectivity index is 1.91. The second kappa shape index (κ2) is 6.51. The molecule has 0 aliphatic carbocycles. The van der Waals surface area contributed by atoms with Crippen molar-refractivity contribution in [3.63, 3.8) is 0 Å². The van der Waals surface area contributed by atoms with Gasteiger partial charge in [0.05, 0.1) is 12.2 Å². The van der Waals surface area contributed by atoms with Crippen LogP contribution in [-0.4, -0.2) is 36.7 Å². The number of rotatable bonds is 4. The normalized spacial score (nSPS) is 28.0. The summed E-state index contributed by atoms with van der Waals surface area (Å²) in [5.74, 6) is 0.444. The molecule has 0 saturated carbocycles. The van der Waals surface area contributed by atoms with Crippen LogP contribution >= 0.6 is 0 Å². The fourth-order valence-corrected chi connectivity index (χ4v) is 2.96. The molecular formula is C16H26N2O. The topological polar surface area (TPSA) is 38.5 Å². The van der Waals surface area contributed by atoms with E-state index in [9.17, 15) is 0 Å². The molecule has 1 aliphatic rings. The Hall–Kier alpha value is -0.900. The predicted octanol–water partition coefficient (Wildman–Crippen LogP) is 2.43. The summed E-state index contributed by atoms with van der Waals surface area (Å²) in [5.41, 5.74) is 7.59. The van der Waals surface area contributed by atoms with Gasteiger partial charge in [-0.25, -0.2) is 0 Å².